The zero-order chi connectivity index (χ0) is 21.5. The molecule has 0 saturated carbocycles. The number of rotatable bonds is 8. The van der Waals surface area contributed by atoms with E-state index in [-0.39, 0.29) is 10.7 Å². The van der Waals surface area contributed by atoms with Crippen molar-refractivity contribution in [1.82, 2.24) is 5.32 Å². The Bertz CT molecular complexity index is 687. The predicted molar refractivity (Wildman–Crippen MR) is 128 cm³/mol. The van der Waals surface area contributed by atoms with E-state index >= 15 is 0 Å². The van der Waals surface area contributed by atoms with Crippen molar-refractivity contribution in [3.63, 3.8) is 0 Å². The van der Waals surface area contributed by atoms with E-state index in [2.05, 4.69) is 111 Å². The fourth-order valence-electron chi connectivity index (χ4n) is 3.14. The Hall–Kier alpha value is -1.77. The first-order valence-electron chi connectivity index (χ1n) is 10.5. The van der Waals surface area contributed by atoms with Crippen molar-refractivity contribution in [1.29, 1.82) is 0 Å². The lowest BCUT2D eigenvalue weighted by molar-refractivity contribution is 0.495. The third kappa shape index (κ3) is 7.69. The van der Waals surface area contributed by atoms with Crippen LogP contribution in [0.25, 0.3) is 0 Å². The molecule has 1 unspecified atom stereocenters. The van der Waals surface area contributed by atoms with Crippen LogP contribution in [0.1, 0.15) is 61.0 Å². The molecule has 0 aromatic heterocycles. The number of nitrogens with one attached hydrogen (secondary N) is 1. The van der Waals surface area contributed by atoms with Gasteiger partial charge >= 0.3 is 0 Å². The molecule has 1 aromatic rings. The van der Waals surface area contributed by atoms with Gasteiger partial charge in [-0.15, -0.1) is 0 Å². The van der Waals surface area contributed by atoms with Gasteiger partial charge in [0, 0.05) is 29.3 Å². The van der Waals surface area contributed by atoms with Crippen molar-refractivity contribution in [2.24, 2.45) is 16.3 Å². The van der Waals surface area contributed by atoms with Crippen molar-refractivity contribution in [3.05, 3.63) is 59.8 Å². The van der Waals surface area contributed by atoms with Crippen LogP contribution >= 0.6 is 0 Å². The smallest absolute Gasteiger partial charge is 0.198 e. The summed E-state index contributed by atoms with van der Waals surface area (Å²) in [5.41, 5.74) is 4.82. The van der Waals surface area contributed by atoms with Crippen molar-refractivity contribution >= 4 is 12.4 Å². The lowest BCUT2D eigenvalue weighted by atomic mass is 9.34. The second kappa shape index (κ2) is 10.1. The first-order chi connectivity index (χ1) is 12.9. The molecular formula is C25H41BN2. The molecule has 1 rings (SSSR count). The minimum atomic E-state index is 0.0467. The maximum absolute atomic E-state index is 5.04. The fourth-order valence-corrected chi connectivity index (χ4v) is 3.14. The van der Waals surface area contributed by atoms with Crippen LogP contribution in [0.5, 0.6) is 0 Å². The summed E-state index contributed by atoms with van der Waals surface area (Å²) in [5, 5.41) is 3.83. The summed E-state index contributed by atoms with van der Waals surface area (Å²) in [5.74, 6) is 0.323. The number of aliphatic imine (C=N–C) groups is 1. The van der Waals surface area contributed by atoms with Gasteiger partial charge in [-0.3, -0.25) is 4.99 Å². The maximum atomic E-state index is 5.04. The fraction of sp³-hybridized carbons (Fsp3) is 0.560. The van der Waals surface area contributed by atoms with E-state index in [1.54, 1.807) is 0 Å². The van der Waals surface area contributed by atoms with Gasteiger partial charge < -0.3 is 5.32 Å². The summed E-state index contributed by atoms with van der Waals surface area (Å²) in [6.07, 6.45) is 3.11. The van der Waals surface area contributed by atoms with E-state index in [0.717, 1.165) is 24.3 Å². The first-order valence-corrected chi connectivity index (χ1v) is 10.5. The molecule has 1 aromatic carbocycles. The lowest BCUT2D eigenvalue weighted by Crippen LogP contribution is -2.36. The quantitative estimate of drug-likeness (QED) is 0.388. The molecule has 0 amide bonds. The topological polar surface area (TPSA) is 24.4 Å². The highest BCUT2D eigenvalue weighted by Crippen LogP contribution is 2.30. The van der Waals surface area contributed by atoms with Gasteiger partial charge in [0.2, 0.25) is 0 Å². The van der Waals surface area contributed by atoms with Gasteiger partial charge in [-0.2, -0.15) is 0 Å². The molecule has 0 aliphatic heterocycles. The molecule has 1 atom stereocenters. The van der Waals surface area contributed by atoms with Crippen LogP contribution in [0.4, 0.5) is 0 Å². The van der Waals surface area contributed by atoms with E-state index in [1.807, 2.05) is 0 Å². The Morgan fingerprint density at radius 3 is 2.18 bits per heavy atom. The molecule has 0 bridgehead atoms. The molecule has 1 N–H and O–H groups in total. The van der Waals surface area contributed by atoms with Crippen LogP contribution in [0.3, 0.4) is 0 Å². The van der Waals surface area contributed by atoms with Crippen LogP contribution < -0.4 is 5.32 Å². The van der Waals surface area contributed by atoms with Crippen molar-refractivity contribution in [2.45, 2.75) is 73.9 Å². The molecule has 154 valence electrons. The summed E-state index contributed by atoms with van der Waals surface area (Å²) in [6, 6.07) is 10.7. The van der Waals surface area contributed by atoms with Crippen molar-refractivity contribution < 1.29 is 0 Å². The molecule has 0 aliphatic carbocycles. The van der Waals surface area contributed by atoms with Crippen LogP contribution in [-0.2, 0) is 6.42 Å². The summed E-state index contributed by atoms with van der Waals surface area (Å²) >= 11 is 0. The van der Waals surface area contributed by atoms with Gasteiger partial charge in [0.25, 0.3) is 0 Å². The Morgan fingerprint density at radius 2 is 1.71 bits per heavy atom. The van der Waals surface area contributed by atoms with Gasteiger partial charge in [0.05, 0.1) is 0 Å². The zero-order valence-corrected chi connectivity index (χ0v) is 19.7. The highest BCUT2D eigenvalue weighted by atomic mass is 14.9. The summed E-state index contributed by atoms with van der Waals surface area (Å²) in [4.78, 5) is 5.04. The SMILES string of the molecule is C=C(NCC(Cc1ccccc1)C(C)=N/C(=C\C)C(C)(C)C)B(C)C(C)(C)C. The molecule has 3 heteroatoms. The van der Waals surface area contributed by atoms with E-state index in [0.29, 0.717) is 12.6 Å². The van der Waals surface area contributed by atoms with E-state index in [9.17, 15) is 0 Å². The average molecular weight is 380 g/mol. The number of nitrogens with zero attached hydrogens (tertiary/aromatic N) is 1. The van der Waals surface area contributed by atoms with E-state index in [1.165, 1.54) is 11.3 Å². The van der Waals surface area contributed by atoms with E-state index < -0.39 is 0 Å². The molecule has 0 heterocycles. The Morgan fingerprint density at radius 1 is 1.14 bits per heavy atom. The van der Waals surface area contributed by atoms with Gasteiger partial charge in [-0.1, -0.05) is 96.7 Å². The number of hydrogen-bond acceptors (Lipinski definition) is 2. The highest BCUT2D eigenvalue weighted by Gasteiger charge is 2.27. The highest BCUT2D eigenvalue weighted by molar-refractivity contribution is 6.68. The predicted octanol–water partition coefficient (Wildman–Crippen LogP) is 6.82. The molecular weight excluding hydrogens is 339 g/mol. The maximum Gasteiger partial charge on any atom is 0.198 e. The second-order valence-electron chi connectivity index (χ2n) is 10.1. The molecule has 0 saturated heterocycles. The van der Waals surface area contributed by atoms with Gasteiger partial charge in [-0.05, 0) is 31.4 Å². The third-order valence-corrected chi connectivity index (χ3v) is 5.65. The lowest BCUT2D eigenvalue weighted by Gasteiger charge is -2.29. The number of benzene rings is 1. The monoisotopic (exact) mass is 380 g/mol. The van der Waals surface area contributed by atoms with Crippen LogP contribution in [0, 0.1) is 11.3 Å². The van der Waals surface area contributed by atoms with Crippen LogP contribution in [0.2, 0.25) is 12.1 Å². The zero-order valence-electron chi connectivity index (χ0n) is 19.7. The summed E-state index contributed by atoms with van der Waals surface area (Å²) < 4.78 is 0. The average Bonchev–Trinajstić information content (AvgIpc) is 2.60. The Kier molecular flexibility index (Phi) is 8.79. The molecule has 0 radical (unpaired) electrons. The van der Waals surface area contributed by atoms with Crippen LogP contribution in [-0.4, -0.2) is 19.0 Å². The second-order valence-corrected chi connectivity index (χ2v) is 10.1. The normalized spacial score (nSPS) is 14.6. The largest absolute Gasteiger partial charge is 0.396 e. The number of hydrogen-bond donors (Lipinski definition) is 1. The molecule has 2 nitrogen and oxygen atoms in total. The van der Waals surface area contributed by atoms with Crippen molar-refractivity contribution in [2.75, 3.05) is 6.54 Å². The molecule has 0 aliphatic rings. The van der Waals surface area contributed by atoms with Crippen molar-refractivity contribution in [3.8, 4) is 0 Å². The minimum Gasteiger partial charge on any atom is -0.396 e. The van der Waals surface area contributed by atoms with Gasteiger partial charge in [0.15, 0.2) is 6.71 Å². The van der Waals surface area contributed by atoms with Crippen LogP contribution in [0.15, 0.2) is 59.3 Å². The molecule has 0 spiro atoms. The summed E-state index contributed by atoms with van der Waals surface area (Å²) in [6.45, 7) is 25.5. The van der Waals surface area contributed by atoms with E-state index in [4.69, 9.17) is 4.99 Å². The third-order valence-electron chi connectivity index (χ3n) is 5.65. The van der Waals surface area contributed by atoms with Gasteiger partial charge in [0.1, 0.15) is 0 Å². The number of allylic oxidation sites excluding steroid dienone is 2. The standard InChI is InChI=1S/C25H41BN2/c1-11-23(24(4,5)6)28-19(2)22(17-21-15-13-12-14-16-21)18-27-20(3)26(10)25(7,8)9/h11-16,22,27H,3,17-18H2,1-2,4-10H3/b23-11-,28-19?. The molecule has 28 heavy (non-hydrogen) atoms. The Labute approximate surface area is 174 Å². The summed E-state index contributed by atoms with van der Waals surface area (Å²) in [7, 11) is 0. The Balaban J connectivity index is 3.04. The molecule has 0 fully saturated rings. The first kappa shape index (κ1) is 24.3. The minimum absolute atomic E-state index is 0.0467. The van der Waals surface area contributed by atoms with Gasteiger partial charge in [-0.25, -0.2) is 0 Å².